The van der Waals surface area contributed by atoms with E-state index in [-0.39, 0.29) is 31.1 Å². The minimum atomic E-state index is -0.807. The average molecular weight is 1040 g/mol. The molecule has 0 amide bonds. The Bertz CT molecular complexity index is 1660. The highest BCUT2D eigenvalue weighted by Crippen LogP contribution is 2.14. The summed E-state index contributed by atoms with van der Waals surface area (Å²) in [6.45, 7) is 6.25. The second-order valence-electron chi connectivity index (χ2n) is 19.5. The van der Waals surface area contributed by atoms with Gasteiger partial charge in [-0.15, -0.1) is 0 Å². The van der Waals surface area contributed by atoms with Crippen LogP contribution in [0.2, 0.25) is 0 Å². The topological polar surface area (TPSA) is 78.9 Å². The van der Waals surface area contributed by atoms with Gasteiger partial charge in [0.2, 0.25) is 0 Å². The lowest BCUT2D eigenvalue weighted by atomic mass is 10.1. The molecule has 0 aromatic carbocycles. The molecule has 0 bridgehead atoms. The Morgan fingerprint density at radius 1 is 0.267 bits per heavy atom. The van der Waals surface area contributed by atoms with Gasteiger partial charge >= 0.3 is 17.9 Å². The summed E-state index contributed by atoms with van der Waals surface area (Å²) in [6.07, 6.45) is 88.5. The summed E-state index contributed by atoms with van der Waals surface area (Å²) >= 11 is 0. The van der Waals surface area contributed by atoms with E-state index in [1.807, 2.05) is 0 Å². The lowest BCUT2D eigenvalue weighted by molar-refractivity contribution is -0.167. The number of esters is 3. The van der Waals surface area contributed by atoms with Crippen molar-refractivity contribution < 1.29 is 28.6 Å². The number of unbranched alkanes of at least 4 members (excludes halogenated alkanes) is 18. The molecular formula is C69H110O6. The smallest absolute Gasteiger partial charge is 0.306 e. The molecule has 75 heavy (non-hydrogen) atoms. The van der Waals surface area contributed by atoms with Gasteiger partial charge in [0.1, 0.15) is 13.2 Å². The molecule has 1 atom stereocenters. The SMILES string of the molecule is CC/C=C\C/C=C\C/C=C\C/C=C\C/C=C\C/C=C\CCCCCCCCCCCCC(=O)OCC(COC(=O)CCCCC/C=C\C/C=C\C/C=C\CC)OC(=O)CCCCCCC/C=C\C/C=C\C/C=C\CC. The molecule has 0 rings (SSSR count). The van der Waals surface area contributed by atoms with Gasteiger partial charge < -0.3 is 14.2 Å². The van der Waals surface area contributed by atoms with Crippen molar-refractivity contribution in [3.63, 3.8) is 0 Å². The van der Waals surface area contributed by atoms with Crippen molar-refractivity contribution in [1.82, 2.24) is 0 Å². The lowest BCUT2D eigenvalue weighted by Gasteiger charge is -2.18. The highest BCUT2D eigenvalue weighted by molar-refractivity contribution is 5.71. The second-order valence-corrected chi connectivity index (χ2v) is 19.5. The maximum Gasteiger partial charge on any atom is 0.306 e. The minimum Gasteiger partial charge on any atom is -0.462 e. The summed E-state index contributed by atoms with van der Waals surface area (Å²) in [4.78, 5) is 38.2. The molecule has 0 aliphatic heterocycles. The Labute approximate surface area is 461 Å². The van der Waals surface area contributed by atoms with Gasteiger partial charge in [0, 0.05) is 19.3 Å². The molecule has 422 valence electrons. The zero-order chi connectivity index (χ0) is 54.3. The van der Waals surface area contributed by atoms with Crippen LogP contribution in [0.25, 0.3) is 0 Å². The van der Waals surface area contributed by atoms with Gasteiger partial charge in [0.25, 0.3) is 0 Å². The van der Waals surface area contributed by atoms with Gasteiger partial charge in [0.15, 0.2) is 6.10 Å². The number of hydrogen-bond acceptors (Lipinski definition) is 6. The molecule has 0 saturated heterocycles. The number of carbonyl (C=O) groups excluding carboxylic acids is 3. The van der Waals surface area contributed by atoms with Crippen LogP contribution in [0, 0.1) is 0 Å². The van der Waals surface area contributed by atoms with Crippen LogP contribution in [0.15, 0.2) is 146 Å². The van der Waals surface area contributed by atoms with Gasteiger partial charge in [-0.05, 0) is 135 Å². The summed E-state index contributed by atoms with van der Waals surface area (Å²) in [5.74, 6) is -0.957. The van der Waals surface area contributed by atoms with Crippen LogP contribution >= 0.6 is 0 Å². The predicted molar refractivity (Wildman–Crippen MR) is 325 cm³/mol. The largest absolute Gasteiger partial charge is 0.462 e. The molecule has 0 radical (unpaired) electrons. The minimum absolute atomic E-state index is 0.102. The number of carbonyl (C=O) groups is 3. The van der Waals surface area contributed by atoms with Crippen molar-refractivity contribution in [3.8, 4) is 0 Å². The van der Waals surface area contributed by atoms with Crippen molar-refractivity contribution in [1.29, 1.82) is 0 Å². The van der Waals surface area contributed by atoms with Crippen LogP contribution in [0.4, 0.5) is 0 Å². The molecule has 1 unspecified atom stereocenters. The lowest BCUT2D eigenvalue weighted by Crippen LogP contribution is -2.30. The van der Waals surface area contributed by atoms with E-state index >= 15 is 0 Å². The van der Waals surface area contributed by atoms with Crippen LogP contribution in [-0.4, -0.2) is 37.2 Å². The first kappa shape index (κ1) is 70.3. The van der Waals surface area contributed by atoms with Crippen molar-refractivity contribution in [2.75, 3.05) is 13.2 Å². The number of allylic oxidation sites excluding steroid dienone is 24. The average Bonchev–Trinajstić information content (AvgIpc) is 3.41. The third kappa shape index (κ3) is 60.0. The van der Waals surface area contributed by atoms with E-state index in [0.717, 1.165) is 167 Å². The zero-order valence-corrected chi connectivity index (χ0v) is 48.3. The summed E-state index contributed by atoms with van der Waals surface area (Å²) in [6, 6.07) is 0. The van der Waals surface area contributed by atoms with E-state index in [0.29, 0.717) is 19.3 Å². The van der Waals surface area contributed by atoms with E-state index in [9.17, 15) is 14.4 Å². The summed E-state index contributed by atoms with van der Waals surface area (Å²) in [5, 5.41) is 0. The Morgan fingerprint density at radius 3 is 0.760 bits per heavy atom. The molecule has 0 N–H and O–H groups in total. The molecule has 0 fully saturated rings. The van der Waals surface area contributed by atoms with Crippen LogP contribution in [0.3, 0.4) is 0 Å². The highest BCUT2D eigenvalue weighted by atomic mass is 16.6. The van der Waals surface area contributed by atoms with Gasteiger partial charge in [-0.3, -0.25) is 14.4 Å². The molecule has 0 spiro atoms. The molecule has 0 aromatic rings. The standard InChI is InChI=1S/C69H110O6/c1-4-7-10-13-16-19-22-25-27-28-29-30-31-32-33-34-35-36-37-38-39-40-42-44-47-50-53-56-59-62-68(71)74-65-66(64-73-67(70)61-58-55-52-49-46-43-24-21-18-15-12-9-6-3)75-69(72)63-60-57-54-51-48-45-41-26-23-20-17-14-11-8-5-2/h7-12,16-21,25-27,29-30,32-33,35-36,41,43,46,66H,4-6,13-15,22-24,28,31,34,37-40,42,44-45,47-65H2,1-3H3/b10-7-,11-8-,12-9-,19-16-,20-17-,21-18-,27-25-,30-29-,33-32-,36-35-,41-26-,46-43-. The van der Waals surface area contributed by atoms with Gasteiger partial charge in [-0.25, -0.2) is 0 Å². The maximum absolute atomic E-state index is 12.9. The number of ether oxygens (including phenoxy) is 3. The summed E-state index contributed by atoms with van der Waals surface area (Å²) in [5.41, 5.74) is 0. The second kappa shape index (κ2) is 61.8. The number of rotatable bonds is 53. The van der Waals surface area contributed by atoms with Crippen LogP contribution in [0.5, 0.6) is 0 Å². The number of hydrogen-bond donors (Lipinski definition) is 0. The van der Waals surface area contributed by atoms with E-state index in [2.05, 4.69) is 167 Å². The first-order chi connectivity index (χ1) is 37.0. The quantitative estimate of drug-likeness (QED) is 0.0261. The van der Waals surface area contributed by atoms with Crippen molar-refractivity contribution in [3.05, 3.63) is 146 Å². The van der Waals surface area contributed by atoms with Gasteiger partial charge in [-0.2, -0.15) is 0 Å². The first-order valence-corrected chi connectivity index (χ1v) is 30.3. The molecular weight excluding hydrogens is 925 g/mol. The summed E-state index contributed by atoms with van der Waals surface area (Å²) in [7, 11) is 0. The third-order valence-electron chi connectivity index (χ3n) is 12.3. The maximum atomic E-state index is 12.9. The fraction of sp³-hybridized carbons (Fsp3) is 0.609. The molecule has 0 aliphatic carbocycles. The zero-order valence-electron chi connectivity index (χ0n) is 48.3. The van der Waals surface area contributed by atoms with Crippen molar-refractivity contribution in [2.24, 2.45) is 0 Å². The first-order valence-electron chi connectivity index (χ1n) is 30.3. The van der Waals surface area contributed by atoms with Gasteiger partial charge in [-0.1, -0.05) is 244 Å². The van der Waals surface area contributed by atoms with Crippen LogP contribution in [0.1, 0.15) is 252 Å². The van der Waals surface area contributed by atoms with E-state index in [4.69, 9.17) is 14.2 Å². The fourth-order valence-corrected chi connectivity index (χ4v) is 7.89. The molecule has 6 nitrogen and oxygen atoms in total. The Balaban J connectivity index is 4.33. The fourth-order valence-electron chi connectivity index (χ4n) is 7.89. The van der Waals surface area contributed by atoms with Crippen molar-refractivity contribution in [2.45, 2.75) is 258 Å². The van der Waals surface area contributed by atoms with Crippen molar-refractivity contribution >= 4 is 17.9 Å². The van der Waals surface area contributed by atoms with E-state index < -0.39 is 6.10 Å². The predicted octanol–water partition coefficient (Wildman–Crippen LogP) is 20.8. The molecule has 0 heterocycles. The third-order valence-corrected chi connectivity index (χ3v) is 12.3. The van der Waals surface area contributed by atoms with Crippen LogP contribution < -0.4 is 0 Å². The van der Waals surface area contributed by atoms with Gasteiger partial charge in [0.05, 0.1) is 0 Å². The van der Waals surface area contributed by atoms with E-state index in [1.54, 1.807) is 0 Å². The molecule has 0 aliphatic rings. The Kier molecular flexibility index (Phi) is 58.0. The monoisotopic (exact) mass is 1030 g/mol. The molecule has 6 heteroatoms. The highest BCUT2D eigenvalue weighted by Gasteiger charge is 2.19. The summed E-state index contributed by atoms with van der Waals surface area (Å²) < 4.78 is 16.8. The molecule has 0 saturated carbocycles. The molecule has 0 aromatic heterocycles. The normalized spacial score (nSPS) is 13.2. The Morgan fingerprint density at radius 2 is 0.480 bits per heavy atom. The Hall–Kier alpha value is -4.71. The van der Waals surface area contributed by atoms with E-state index in [1.165, 1.54) is 44.9 Å². The van der Waals surface area contributed by atoms with Crippen LogP contribution in [-0.2, 0) is 28.6 Å².